The van der Waals surface area contributed by atoms with Crippen molar-refractivity contribution >= 4 is 34.7 Å². The highest BCUT2D eigenvalue weighted by atomic mass is 16.6. The number of nitrogens with zero attached hydrogens (tertiary/aromatic N) is 2. The number of methoxy groups -OCH3 is 3. The zero-order valence-corrected chi connectivity index (χ0v) is 28.6. The Labute approximate surface area is 291 Å². The molecule has 8 atom stereocenters. The summed E-state index contributed by atoms with van der Waals surface area (Å²) in [5.74, 6) is -7.13. The quantitative estimate of drug-likeness (QED) is 0.223. The van der Waals surface area contributed by atoms with Crippen molar-refractivity contribution in [2.24, 2.45) is 15.9 Å². The summed E-state index contributed by atoms with van der Waals surface area (Å²) in [6.07, 6.45) is -6.52. The van der Waals surface area contributed by atoms with Crippen LogP contribution < -0.4 is 0 Å². The van der Waals surface area contributed by atoms with E-state index in [4.69, 9.17) is 18.9 Å². The van der Waals surface area contributed by atoms with Gasteiger partial charge in [0.2, 0.25) is 17.3 Å². The number of phenols is 2. The molecule has 51 heavy (non-hydrogen) atoms. The SMILES string of the molecule is CN=C1CC(=N[C@H]2O[C@@H](C)[C@H](OC)[C@@H](O)[C@H]2CO)C(=O)c2cc3c(c(O)c21)C(=O)[C@]1(OC)[C@H](O)Cc2cc(C)c(C(=O)OC)c(O)c2[C@]1(O)C3=O. The average Bonchev–Trinajstić information content (AvgIpc) is 3.08. The van der Waals surface area contributed by atoms with Crippen LogP contribution in [-0.2, 0) is 31.0 Å². The summed E-state index contributed by atoms with van der Waals surface area (Å²) < 4.78 is 21.6. The second kappa shape index (κ2) is 12.7. The molecule has 272 valence electrons. The van der Waals surface area contributed by atoms with Crippen molar-refractivity contribution in [3.05, 3.63) is 56.6 Å². The van der Waals surface area contributed by atoms with Crippen molar-refractivity contribution < 1.29 is 68.8 Å². The largest absolute Gasteiger partial charge is 0.507 e. The van der Waals surface area contributed by atoms with E-state index < -0.39 is 118 Å². The standard InChI is InChI=1S/C35H38N2O14/c1-12-7-14-8-20(39)35(50-6)31(45)23-16(30(44)34(35,47)24(14)28(43)21(12)33(46)49-5)9-15-22(27(23)42)18(36-3)10-19(25(15)40)37-32-17(11-38)26(41)29(48-4)13(2)51-32/h7,9,13,17,20,26,29,32,38-39,41-43,47H,8,10-11H2,1-6H3/t13-,17+,20+,26-,29-,32-,34-,35+/m0/s1. The van der Waals surface area contributed by atoms with Gasteiger partial charge in [0, 0.05) is 56.4 Å². The number of ether oxygens (including phenoxy) is 4. The van der Waals surface area contributed by atoms with Crippen molar-refractivity contribution in [3.8, 4) is 11.5 Å². The second-order valence-corrected chi connectivity index (χ2v) is 13.1. The molecule has 16 heteroatoms. The second-order valence-electron chi connectivity index (χ2n) is 13.1. The van der Waals surface area contributed by atoms with E-state index in [1.165, 1.54) is 27.1 Å². The number of aliphatic imine (C=N–C) groups is 2. The van der Waals surface area contributed by atoms with E-state index in [0.717, 1.165) is 20.3 Å². The Morgan fingerprint density at radius 2 is 1.71 bits per heavy atom. The smallest absolute Gasteiger partial charge is 0.341 e. The van der Waals surface area contributed by atoms with Gasteiger partial charge in [-0.2, -0.15) is 0 Å². The maximum absolute atomic E-state index is 14.7. The van der Waals surface area contributed by atoms with E-state index in [1.807, 2.05) is 0 Å². The molecule has 2 aromatic rings. The van der Waals surface area contributed by atoms with E-state index >= 15 is 0 Å². The van der Waals surface area contributed by atoms with Crippen LogP contribution in [-0.4, -0.2) is 137 Å². The number of aromatic hydroxyl groups is 2. The van der Waals surface area contributed by atoms with Crippen molar-refractivity contribution in [3.63, 3.8) is 0 Å². The third-order valence-electron chi connectivity index (χ3n) is 10.6. The van der Waals surface area contributed by atoms with Crippen LogP contribution in [0.3, 0.4) is 0 Å². The zero-order chi connectivity index (χ0) is 37.5. The van der Waals surface area contributed by atoms with Gasteiger partial charge in [-0.25, -0.2) is 4.79 Å². The number of hydrogen-bond acceptors (Lipinski definition) is 16. The lowest BCUT2D eigenvalue weighted by Crippen LogP contribution is -2.73. The monoisotopic (exact) mass is 710 g/mol. The Bertz CT molecular complexity index is 1950. The third-order valence-corrected chi connectivity index (χ3v) is 10.6. The normalized spacial score (nSPS) is 33.1. The maximum Gasteiger partial charge on any atom is 0.341 e. The number of rotatable bonds is 5. The van der Waals surface area contributed by atoms with E-state index in [9.17, 15) is 49.8 Å². The lowest BCUT2D eigenvalue weighted by molar-refractivity contribution is -0.206. The van der Waals surface area contributed by atoms with Gasteiger partial charge < -0.3 is 49.6 Å². The number of aliphatic hydroxyl groups is 4. The predicted molar refractivity (Wildman–Crippen MR) is 175 cm³/mol. The lowest BCUT2D eigenvalue weighted by Gasteiger charge is -2.53. The van der Waals surface area contributed by atoms with Gasteiger partial charge in [0.05, 0.1) is 54.9 Å². The molecule has 1 aliphatic heterocycles. The molecule has 2 aromatic carbocycles. The summed E-state index contributed by atoms with van der Waals surface area (Å²) in [5, 5.41) is 68.1. The van der Waals surface area contributed by atoms with E-state index in [2.05, 4.69) is 9.98 Å². The highest BCUT2D eigenvalue weighted by molar-refractivity contribution is 6.53. The Kier molecular flexibility index (Phi) is 9.03. The average molecular weight is 711 g/mol. The van der Waals surface area contributed by atoms with Crippen LogP contribution in [0.5, 0.6) is 11.5 Å². The molecule has 0 saturated carbocycles. The number of phenolic OH excluding ortho intramolecular Hbond substituents is 2. The fourth-order valence-corrected chi connectivity index (χ4v) is 8.15. The van der Waals surface area contributed by atoms with Crippen LogP contribution in [0.1, 0.15) is 77.0 Å². The number of hydrogen-bond donors (Lipinski definition) is 6. The van der Waals surface area contributed by atoms with Crippen LogP contribution in [0, 0.1) is 12.8 Å². The number of aliphatic hydroxyl groups excluding tert-OH is 3. The molecule has 0 aromatic heterocycles. The molecule has 3 aliphatic carbocycles. The first-order valence-electron chi connectivity index (χ1n) is 16.0. The maximum atomic E-state index is 14.7. The topological polar surface area (TPSA) is 251 Å². The lowest BCUT2D eigenvalue weighted by atomic mass is 9.56. The molecule has 6 N–H and O–H groups in total. The minimum absolute atomic E-state index is 0.0241. The first kappa shape index (κ1) is 36.4. The summed E-state index contributed by atoms with van der Waals surface area (Å²) in [6, 6.07) is 2.34. The molecule has 1 fully saturated rings. The van der Waals surface area contributed by atoms with E-state index in [-0.39, 0.29) is 40.1 Å². The highest BCUT2D eigenvalue weighted by Crippen LogP contribution is 2.56. The van der Waals surface area contributed by atoms with Gasteiger partial charge in [0.25, 0.3) is 0 Å². The van der Waals surface area contributed by atoms with Crippen LogP contribution in [0.4, 0.5) is 0 Å². The summed E-state index contributed by atoms with van der Waals surface area (Å²) in [4.78, 5) is 64.7. The van der Waals surface area contributed by atoms with E-state index in [1.54, 1.807) is 6.92 Å². The van der Waals surface area contributed by atoms with Crippen LogP contribution in [0.2, 0.25) is 0 Å². The minimum Gasteiger partial charge on any atom is -0.507 e. The van der Waals surface area contributed by atoms with Crippen LogP contribution in [0.15, 0.2) is 22.1 Å². The summed E-state index contributed by atoms with van der Waals surface area (Å²) in [5.41, 5.74) is -8.75. The third kappa shape index (κ3) is 4.71. The Balaban J connectivity index is 1.57. The number of carbonyl (C=O) groups excluding carboxylic acids is 4. The molecule has 0 radical (unpaired) electrons. The van der Waals surface area contributed by atoms with Crippen molar-refractivity contribution in [2.45, 2.75) is 68.5 Å². The molecule has 0 bridgehead atoms. The summed E-state index contributed by atoms with van der Waals surface area (Å²) in [7, 11) is 4.76. The van der Waals surface area contributed by atoms with Crippen LogP contribution in [0.25, 0.3) is 0 Å². The van der Waals surface area contributed by atoms with Gasteiger partial charge >= 0.3 is 5.97 Å². The molecule has 1 saturated heterocycles. The molecule has 1 heterocycles. The summed E-state index contributed by atoms with van der Waals surface area (Å²) in [6.45, 7) is 2.52. The van der Waals surface area contributed by atoms with E-state index in [0.29, 0.717) is 0 Å². The predicted octanol–water partition coefficient (Wildman–Crippen LogP) is -0.0627. The van der Waals surface area contributed by atoms with Crippen molar-refractivity contribution in [1.29, 1.82) is 0 Å². The molecule has 0 spiro atoms. The number of benzene rings is 2. The molecule has 4 aliphatic rings. The molecule has 6 rings (SSSR count). The number of esters is 1. The van der Waals surface area contributed by atoms with Gasteiger partial charge in [-0.15, -0.1) is 0 Å². The Morgan fingerprint density at radius 1 is 1.02 bits per heavy atom. The molecular weight excluding hydrogens is 672 g/mol. The molecule has 16 nitrogen and oxygen atoms in total. The first-order valence-corrected chi connectivity index (χ1v) is 16.0. The van der Waals surface area contributed by atoms with Gasteiger partial charge in [-0.3, -0.25) is 24.4 Å². The molecule has 0 unspecified atom stereocenters. The van der Waals surface area contributed by atoms with Gasteiger partial charge in [-0.05, 0) is 31.0 Å². The minimum atomic E-state index is -3.19. The number of aryl methyl sites for hydroxylation is 1. The number of fused-ring (bicyclic) bond motifs is 5. The Hall–Kier alpha value is -4.42. The summed E-state index contributed by atoms with van der Waals surface area (Å²) >= 11 is 0. The van der Waals surface area contributed by atoms with Gasteiger partial charge in [-0.1, -0.05) is 6.07 Å². The Morgan fingerprint density at radius 3 is 2.29 bits per heavy atom. The zero-order valence-electron chi connectivity index (χ0n) is 28.6. The van der Waals surface area contributed by atoms with Crippen molar-refractivity contribution in [1.82, 2.24) is 0 Å². The number of ketones is 3. The number of Topliss-reactive ketones (excluding diaryl/α,β-unsaturated/α-hetero) is 3. The highest BCUT2D eigenvalue weighted by Gasteiger charge is 2.72. The van der Waals surface area contributed by atoms with Gasteiger partial charge in [0.15, 0.2) is 17.4 Å². The first-order chi connectivity index (χ1) is 24.1. The number of carbonyl (C=O) groups is 4. The van der Waals surface area contributed by atoms with Crippen LogP contribution >= 0.6 is 0 Å². The molecule has 0 amide bonds. The van der Waals surface area contributed by atoms with Crippen molar-refractivity contribution in [2.75, 3.05) is 35.0 Å². The fourth-order valence-electron chi connectivity index (χ4n) is 8.15. The fraction of sp³-hybridized carbons (Fsp3) is 0.486. The molecular formula is C35H38N2O14. The van der Waals surface area contributed by atoms with Gasteiger partial charge in [0.1, 0.15) is 23.2 Å².